The SMILES string of the molecule is O=C1C(=Cc2ccc(CO)cc2)SC(=Nc2ccccc2)N1Cc1ccco1. The Labute approximate surface area is 167 Å². The van der Waals surface area contributed by atoms with E-state index in [0.717, 1.165) is 16.8 Å². The molecule has 0 saturated carbocycles. The van der Waals surface area contributed by atoms with Gasteiger partial charge in [-0.15, -0.1) is 0 Å². The minimum absolute atomic E-state index is 0.00462. The summed E-state index contributed by atoms with van der Waals surface area (Å²) in [5.41, 5.74) is 2.51. The Balaban J connectivity index is 1.66. The molecule has 1 N–H and O–H groups in total. The largest absolute Gasteiger partial charge is 0.467 e. The molecule has 2 aromatic carbocycles. The smallest absolute Gasteiger partial charge is 0.267 e. The number of furan rings is 1. The van der Waals surface area contributed by atoms with Crippen LogP contribution in [0.1, 0.15) is 16.9 Å². The van der Waals surface area contributed by atoms with Crippen LogP contribution < -0.4 is 0 Å². The first kappa shape index (κ1) is 18.3. The molecule has 6 heteroatoms. The second-order valence-electron chi connectivity index (χ2n) is 6.21. The fourth-order valence-electron chi connectivity index (χ4n) is 2.77. The van der Waals surface area contributed by atoms with Crippen LogP contribution in [0.3, 0.4) is 0 Å². The molecule has 1 aliphatic heterocycles. The van der Waals surface area contributed by atoms with E-state index >= 15 is 0 Å². The van der Waals surface area contributed by atoms with Crippen molar-refractivity contribution in [3.8, 4) is 0 Å². The predicted octanol–water partition coefficient (Wildman–Crippen LogP) is 4.58. The molecule has 2 heterocycles. The lowest BCUT2D eigenvalue weighted by atomic mass is 10.1. The highest BCUT2D eigenvalue weighted by molar-refractivity contribution is 8.18. The van der Waals surface area contributed by atoms with E-state index in [4.69, 9.17) is 4.42 Å². The molecule has 0 atom stereocenters. The summed E-state index contributed by atoms with van der Waals surface area (Å²) in [4.78, 5) is 19.9. The van der Waals surface area contributed by atoms with Crippen molar-refractivity contribution in [1.29, 1.82) is 0 Å². The number of nitrogens with zero attached hydrogens (tertiary/aromatic N) is 2. The summed E-state index contributed by atoms with van der Waals surface area (Å²) in [6.45, 7) is 0.320. The molecule has 0 unspecified atom stereocenters. The molecule has 0 aliphatic carbocycles. The van der Waals surface area contributed by atoms with Gasteiger partial charge in [0.2, 0.25) is 0 Å². The van der Waals surface area contributed by atoms with Crippen LogP contribution in [0.15, 0.2) is 87.3 Å². The number of carbonyl (C=O) groups excluding carboxylic acids is 1. The van der Waals surface area contributed by atoms with E-state index in [1.165, 1.54) is 11.8 Å². The fraction of sp³-hybridized carbons (Fsp3) is 0.0909. The molecule has 1 aromatic heterocycles. The number of benzene rings is 2. The number of aliphatic hydroxyl groups excluding tert-OH is 1. The van der Waals surface area contributed by atoms with Crippen LogP contribution in [0.5, 0.6) is 0 Å². The third-order valence-corrected chi connectivity index (χ3v) is 5.23. The van der Waals surface area contributed by atoms with Gasteiger partial charge in [0.15, 0.2) is 5.17 Å². The van der Waals surface area contributed by atoms with Crippen molar-refractivity contribution in [3.63, 3.8) is 0 Å². The molecule has 0 spiro atoms. The monoisotopic (exact) mass is 390 g/mol. The summed E-state index contributed by atoms with van der Waals surface area (Å²) in [7, 11) is 0. The molecule has 4 rings (SSSR count). The number of aliphatic imine (C=N–C) groups is 1. The molecule has 1 aliphatic rings. The maximum Gasteiger partial charge on any atom is 0.267 e. The molecule has 5 nitrogen and oxygen atoms in total. The van der Waals surface area contributed by atoms with E-state index in [1.54, 1.807) is 17.2 Å². The number of rotatable bonds is 5. The quantitative estimate of drug-likeness (QED) is 0.648. The predicted molar refractivity (Wildman–Crippen MR) is 111 cm³/mol. The Hall–Kier alpha value is -3.09. The van der Waals surface area contributed by atoms with Crippen LogP contribution in [0.25, 0.3) is 6.08 Å². The van der Waals surface area contributed by atoms with E-state index in [2.05, 4.69) is 4.99 Å². The van der Waals surface area contributed by atoms with Gasteiger partial charge in [0.05, 0.1) is 30.0 Å². The number of aliphatic hydroxyl groups is 1. The first-order chi connectivity index (χ1) is 13.7. The first-order valence-corrected chi connectivity index (χ1v) is 9.62. The maximum atomic E-state index is 13.0. The van der Waals surface area contributed by atoms with Gasteiger partial charge in [0.25, 0.3) is 5.91 Å². The third kappa shape index (κ3) is 4.08. The minimum atomic E-state index is -0.109. The summed E-state index contributed by atoms with van der Waals surface area (Å²) in [5.74, 6) is 0.588. The van der Waals surface area contributed by atoms with E-state index in [-0.39, 0.29) is 12.5 Å². The number of para-hydroxylation sites is 1. The van der Waals surface area contributed by atoms with E-state index in [1.807, 2.05) is 66.7 Å². The van der Waals surface area contributed by atoms with Crippen LogP contribution in [-0.2, 0) is 17.9 Å². The van der Waals surface area contributed by atoms with E-state index < -0.39 is 0 Å². The highest BCUT2D eigenvalue weighted by atomic mass is 32.2. The van der Waals surface area contributed by atoms with Crippen molar-refractivity contribution in [1.82, 2.24) is 4.90 Å². The Bertz CT molecular complexity index is 1010. The van der Waals surface area contributed by atoms with Crippen LogP contribution in [-0.4, -0.2) is 21.1 Å². The molecule has 3 aromatic rings. The molecule has 1 amide bonds. The Morgan fingerprint density at radius 1 is 1.04 bits per heavy atom. The minimum Gasteiger partial charge on any atom is -0.467 e. The highest BCUT2D eigenvalue weighted by Gasteiger charge is 2.34. The van der Waals surface area contributed by atoms with Crippen LogP contribution in [0.4, 0.5) is 5.69 Å². The Kier molecular flexibility index (Phi) is 5.41. The lowest BCUT2D eigenvalue weighted by Gasteiger charge is -2.13. The zero-order chi connectivity index (χ0) is 19.3. The molecule has 1 fully saturated rings. The van der Waals surface area contributed by atoms with Crippen molar-refractivity contribution in [2.45, 2.75) is 13.2 Å². The summed E-state index contributed by atoms with van der Waals surface area (Å²) in [5, 5.41) is 9.80. The van der Waals surface area contributed by atoms with Crippen molar-refractivity contribution < 1.29 is 14.3 Å². The normalized spacial score (nSPS) is 17.0. The molecule has 140 valence electrons. The molecule has 0 radical (unpaired) electrons. The summed E-state index contributed by atoms with van der Waals surface area (Å²) in [6.07, 6.45) is 3.44. The number of amides is 1. The van der Waals surface area contributed by atoms with Crippen molar-refractivity contribution in [3.05, 3.63) is 94.8 Å². The second kappa shape index (κ2) is 8.29. The van der Waals surface area contributed by atoms with Crippen LogP contribution >= 0.6 is 11.8 Å². The average molecular weight is 390 g/mol. The van der Waals surface area contributed by atoms with Gasteiger partial charge in [-0.3, -0.25) is 9.69 Å². The highest BCUT2D eigenvalue weighted by Crippen LogP contribution is 2.35. The van der Waals surface area contributed by atoms with Crippen LogP contribution in [0, 0.1) is 0 Å². The lowest BCUT2D eigenvalue weighted by molar-refractivity contribution is -0.122. The second-order valence-corrected chi connectivity index (χ2v) is 7.22. The molecule has 0 bridgehead atoms. The van der Waals surface area contributed by atoms with E-state index in [0.29, 0.717) is 22.4 Å². The van der Waals surface area contributed by atoms with Gasteiger partial charge in [-0.05, 0) is 53.2 Å². The zero-order valence-corrected chi connectivity index (χ0v) is 15.8. The summed E-state index contributed by atoms with van der Waals surface area (Å²) in [6, 6.07) is 20.7. The molecule has 1 saturated heterocycles. The van der Waals surface area contributed by atoms with Crippen molar-refractivity contribution in [2.75, 3.05) is 0 Å². The third-order valence-electron chi connectivity index (χ3n) is 4.22. The average Bonchev–Trinajstić information content (AvgIpc) is 3.34. The van der Waals surface area contributed by atoms with Crippen molar-refractivity contribution >= 4 is 34.6 Å². The summed E-state index contributed by atoms with van der Waals surface area (Å²) < 4.78 is 5.42. The number of hydrogen-bond donors (Lipinski definition) is 1. The molecule has 28 heavy (non-hydrogen) atoms. The van der Waals surface area contributed by atoms with Crippen LogP contribution in [0.2, 0.25) is 0 Å². The standard InChI is InChI=1S/C22H18N2O3S/c25-15-17-10-8-16(9-11-17)13-20-21(26)24(14-19-7-4-12-27-19)22(28-20)23-18-5-2-1-3-6-18/h1-13,25H,14-15H2. The lowest BCUT2D eigenvalue weighted by Crippen LogP contribution is -2.28. The topological polar surface area (TPSA) is 66.0 Å². The number of amidine groups is 1. The summed E-state index contributed by atoms with van der Waals surface area (Å²) >= 11 is 1.34. The fourth-order valence-corrected chi connectivity index (χ4v) is 3.77. The van der Waals surface area contributed by atoms with Gasteiger partial charge in [0.1, 0.15) is 5.76 Å². The van der Waals surface area contributed by atoms with Gasteiger partial charge in [-0.2, -0.15) is 0 Å². The van der Waals surface area contributed by atoms with Gasteiger partial charge >= 0.3 is 0 Å². The van der Waals surface area contributed by atoms with Gasteiger partial charge in [0, 0.05) is 0 Å². The molecular formula is C22H18N2O3S. The number of hydrogen-bond acceptors (Lipinski definition) is 5. The van der Waals surface area contributed by atoms with Gasteiger partial charge < -0.3 is 9.52 Å². The van der Waals surface area contributed by atoms with Gasteiger partial charge in [-0.25, -0.2) is 4.99 Å². The van der Waals surface area contributed by atoms with Crippen molar-refractivity contribution in [2.24, 2.45) is 4.99 Å². The molecular weight excluding hydrogens is 372 g/mol. The maximum absolute atomic E-state index is 13.0. The zero-order valence-electron chi connectivity index (χ0n) is 15.0. The Morgan fingerprint density at radius 3 is 2.50 bits per heavy atom. The number of thioether (sulfide) groups is 1. The first-order valence-electron chi connectivity index (χ1n) is 8.80. The van der Waals surface area contributed by atoms with Gasteiger partial charge in [-0.1, -0.05) is 42.5 Å². The number of carbonyl (C=O) groups is 1. The Morgan fingerprint density at radius 2 is 1.82 bits per heavy atom. The van der Waals surface area contributed by atoms with E-state index in [9.17, 15) is 9.90 Å².